The fraction of sp³-hybridized carbons (Fsp3) is 0.333. The molecule has 58 valence electrons. The first-order valence-electron chi connectivity index (χ1n) is 2.83. The van der Waals surface area contributed by atoms with E-state index in [2.05, 4.69) is 38.1 Å². The van der Waals surface area contributed by atoms with Crippen molar-refractivity contribution in [1.29, 1.82) is 0 Å². The fourth-order valence-electron chi connectivity index (χ4n) is 0.663. The Labute approximate surface area is 68.3 Å². The summed E-state index contributed by atoms with van der Waals surface area (Å²) in [5.41, 5.74) is 2.74. The van der Waals surface area contributed by atoms with Crippen LogP contribution in [0.4, 0.5) is 0 Å². The second kappa shape index (κ2) is 5.24. The predicted molar refractivity (Wildman–Crippen MR) is 54.0 cm³/mol. The minimum atomic E-state index is 0. The van der Waals surface area contributed by atoms with Gasteiger partial charge in [0.1, 0.15) is 0 Å². The van der Waals surface area contributed by atoms with Crippen LogP contribution >= 0.6 is 0 Å². The molecule has 0 saturated heterocycles. The minimum absolute atomic E-state index is 0. The van der Waals surface area contributed by atoms with E-state index in [1.807, 2.05) is 0 Å². The molecule has 0 atom stereocenters. The maximum absolute atomic E-state index is 2.12. The van der Waals surface area contributed by atoms with E-state index in [4.69, 9.17) is 0 Å². The van der Waals surface area contributed by atoms with E-state index in [0.717, 1.165) is 0 Å². The molecule has 0 bridgehead atoms. The average molecular weight is 154 g/mol. The van der Waals surface area contributed by atoms with Gasteiger partial charge in [-0.15, -0.1) is 0 Å². The van der Waals surface area contributed by atoms with Gasteiger partial charge < -0.3 is 0 Å². The lowest BCUT2D eigenvalue weighted by molar-refractivity contribution is 1.34. The van der Waals surface area contributed by atoms with E-state index in [-0.39, 0.29) is 18.4 Å². The third-order valence-electron chi connectivity index (χ3n) is 1.43. The standard InChI is InChI=1S/C8H10.CH4.H4Si/c1-7-5-3-4-6-8(7)2;;/h3-6H,1-2H3;2*1H4. The van der Waals surface area contributed by atoms with Gasteiger partial charge in [-0.25, -0.2) is 0 Å². The summed E-state index contributed by atoms with van der Waals surface area (Å²) in [6.45, 7) is 4.24. The van der Waals surface area contributed by atoms with Crippen LogP contribution < -0.4 is 0 Å². The Morgan fingerprint density at radius 3 is 1.40 bits per heavy atom. The monoisotopic (exact) mass is 154 g/mol. The highest BCUT2D eigenvalue weighted by atomic mass is 28.1. The first kappa shape index (κ1) is 12.1. The quantitative estimate of drug-likeness (QED) is 0.497. The van der Waals surface area contributed by atoms with E-state index in [9.17, 15) is 0 Å². The third-order valence-corrected chi connectivity index (χ3v) is 1.43. The number of hydrogen-bond donors (Lipinski definition) is 0. The van der Waals surface area contributed by atoms with Gasteiger partial charge in [0.25, 0.3) is 0 Å². The molecule has 1 aromatic carbocycles. The molecule has 0 aliphatic carbocycles. The smallest absolute Gasteiger partial charge is 0.0149 e. The Morgan fingerprint density at radius 2 is 1.20 bits per heavy atom. The summed E-state index contributed by atoms with van der Waals surface area (Å²) in [5, 5.41) is 0. The Bertz CT molecular complexity index is 161. The minimum Gasteiger partial charge on any atom is -0.0776 e. The van der Waals surface area contributed by atoms with Crippen molar-refractivity contribution in [2.75, 3.05) is 0 Å². The molecule has 0 aliphatic rings. The Hall–Kier alpha value is -0.563. The molecule has 0 fully saturated rings. The maximum atomic E-state index is 2.12. The summed E-state index contributed by atoms with van der Waals surface area (Å²) in [7, 11) is 0. The highest BCUT2D eigenvalue weighted by Gasteiger charge is 1.83. The van der Waals surface area contributed by atoms with Crippen molar-refractivity contribution in [2.45, 2.75) is 21.3 Å². The van der Waals surface area contributed by atoms with Gasteiger partial charge >= 0.3 is 0 Å². The van der Waals surface area contributed by atoms with Crippen LogP contribution in [0, 0.1) is 13.8 Å². The summed E-state index contributed by atoms with van der Waals surface area (Å²) in [6, 6.07) is 8.36. The van der Waals surface area contributed by atoms with Crippen LogP contribution in [0.3, 0.4) is 0 Å². The zero-order chi connectivity index (χ0) is 5.98. The number of benzene rings is 1. The van der Waals surface area contributed by atoms with E-state index in [1.165, 1.54) is 11.1 Å². The second-order valence-corrected chi connectivity index (χ2v) is 2.08. The molecule has 0 amide bonds. The lowest BCUT2D eigenvalue weighted by atomic mass is 10.1. The van der Waals surface area contributed by atoms with Gasteiger partial charge in [-0.05, 0) is 35.9 Å². The Kier molecular flexibility index (Phi) is 6.36. The number of rotatable bonds is 0. The average Bonchev–Trinajstić information content (AvgIpc) is 1.77. The van der Waals surface area contributed by atoms with E-state index >= 15 is 0 Å². The van der Waals surface area contributed by atoms with Gasteiger partial charge in [-0.3, -0.25) is 0 Å². The van der Waals surface area contributed by atoms with Crippen LogP contribution in [0.15, 0.2) is 24.3 Å². The maximum Gasteiger partial charge on any atom is -0.0149 e. The van der Waals surface area contributed by atoms with Gasteiger partial charge in [0.05, 0.1) is 0 Å². The Morgan fingerprint density at radius 1 is 0.900 bits per heavy atom. The van der Waals surface area contributed by atoms with Gasteiger partial charge in [0, 0.05) is 0 Å². The number of aryl methyl sites for hydroxylation is 2. The highest BCUT2D eigenvalue weighted by Crippen LogP contribution is 2.02. The third kappa shape index (κ3) is 2.83. The normalized spacial score (nSPS) is 7.40. The molecule has 1 heteroatoms. The summed E-state index contributed by atoms with van der Waals surface area (Å²) < 4.78 is 0. The molecule has 0 unspecified atom stereocenters. The molecule has 0 aliphatic heterocycles. The zero-order valence-corrected chi connectivity index (χ0v) is 5.31. The van der Waals surface area contributed by atoms with E-state index in [0.29, 0.717) is 0 Å². The molecule has 0 spiro atoms. The summed E-state index contributed by atoms with van der Waals surface area (Å²) in [6.07, 6.45) is 0. The van der Waals surface area contributed by atoms with Gasteiger partial charge in [-0.2, -0.15) is 0 Å². The summed E-state index contributed by atoms with van der Waals surface area (Å²) >= 11 is 0. The first-order chi connectivity index (χ1) is 3.80. The van der Waals surface area contributed by atoms with Crippen molar-refractivity contribution >= 4 is 11.0 Å². The molecule has 1 aromatic rings. The van der Waals surface area contributed by atoms with Crippen molar-refractivity contribution in [3.8, 4) is 0 Å². The van der Waals surface area contributed by atoms with Crippen LogP contribution in [0.2, 0.25) is 0 Å². The summed E-state index contributed by atoms with van der Waals surface area (Å²) in [5.74, 6) is 0. The van der Waals surface area contributed by atoms with Crippen molar-refractivity contribution < 1.29 is 0 Å². The fourth-order valence-corrected chi connectivity index (χ4v) is 0.663. The van der Waals surface area contributed by atoms with Gasteiger partial charge in [0.2, 0.25) is 0 Å². The van der Waals surface area contributed by atoms with Crippen LogP contribution in [0.1, 0.15) is 18.6 Å². The lowest BCUT2D eigenvalue weighted by Crippen LogP contribution is -1.74. The van der Waals surface area contributed by atoms with Gasteiger partial charge in [0.15, 0.2) is 0 Å². The van der Waals surface area contributed by atoms with Crippen molar-refractivity contribution in [2.24, 2.45) is 0 Å². The van der Waals surface area contributed by atoms with Crippen molar-refractivity contribution in [1.82, 2.24) is 0 Å². The van der Waals surface area contributed by atoms with Crippen molar-refractivity contribution in [3.63, 3.8) is 0 Å². The van der Waals surface area contributed by atoms with E-state index < -0.39 is 0 Å². The molecule has 0 N–H and O–H groups in total. The predicted octanol–water partition coefficient (Wildman–Crippen LogP) is 1.49. The van der Waals surface area contributed by atoms with Gasteiger partial charge in [-0.1, -0.05) is 31.7 Å². The second-order valence-electron chi connectivity index (χ2n) is 2.08. The molecule has 1 rings (SSSR count). The van der Waals surface area contributed by atoms with Crippen LogP contribution in [0.5, 0.6) is 0 Å². The topological polar surface area (TPSA) is 0 Å². The van der Waals surface area contributed by atoms with E-state index in [1.54, 1.807) is 0 Å². The number of hydrogen-bond acceptors (Lipinski definition) is 0. The molecular formula is C9H18Si. The first-order valence-corrected chi connectivity index (χ1v) is 2.83. The molecule has 0 heterocycles. The molecule has 0 radical (unpaired) electrons. The lowest BCUT2D eigenvalue weighted by Gasteiger charge is -1.93. The SMILES string of the molecule is C.Cc1ccccc1C.[SiH4]. The molecule has 0 saturated carbocycles. The zero-order valence-electron chi connectivity index (χ0n) is 5.31. The highest BCUT2D eigenvalue weighted by molar-refractivity contribution is 5.75. The summed E-state index contributed by atoms with van der Waals surface area (Å²) in [4.78, 5) is 0. The molecule has 0 aromatic heterocycles. The van der Waals surface area contributed by atoms with Crippen LogP contribution in [-0.2, 0) is 0 Å². The molecular weight excluding hydrogens is 136 g/mol. The molecule has 0 nitrogen and oxygen atoms in total. The van der Waals surface area contributed by atoms with Crippen molar-refractivity contribution in [3.05, 3.63) is 35.4 Å². The van der Waals surface area contributed by atoms with Crippen LogP contribution in [-0.4, -0.2) is 11.0 Å². The van der Waals surface area contributed by atoms with Crippen LogP contribution in [0.25, 0.3) is 0 Å². The largest absolute Gasteiger partial charge is 0.0776 e. The molecule has 10 heavy (non-hydrogen) atoms. The Balaban J connectivity index is 0.